The molecule has 0 fully saturated rings. The molecule has 7 heteroatoms. The number of carbonyl (C=O) groups is 2. The van der Waals surface area contributed by atoms with E-state index in [0.29, 0.717) is 17.1 Å². The fraction of sp³-hybridized carbons (Fsp3) is 0.0385. The molecular formula is C26H21FN4O2. The van der Waals surface area contributed by atoms with Crippen molar-refractivity contribution in [3.63, 3.8) is 0 Å². The third-order valence-electron chi connectivity index (χ3n) is 5.25. The molecule has 6 nitrogen and oxygen atoms in total. The second-order valence-corrected chi connectivity index (χ2v) is 7.51. The predicted octanol–water partition coefficient (Wildman–Crippen LogP) is 5.32. The minimum Gasteiger partial charge on any atom is -0.366 e. The van der Waals surface area contributed by atoms with Gasteiger partial charge < -0.3 is 16.4 Å². The molecule has 0 saturated heterocycles. The Hall–Kier alpha value is -4.52. The lowest BCUT2D eigenvalue weighted by Gasteiger charge is -2.15. The first-order chi connectivity index (χ1) is 15.9. The van der Waals surface area contributed by atoms with Crippen molar-refractivity contribution in [1.82, 2.24) is 4.98 Å². The van der Waals surface area contributed by atoms with Crippen LogP contribution >= 0.6 is 0 Å². The fourth-order valence-electron chi connectivity index (χ4n) is 3.53. The number of nitrogens with two attached hydrogens (primary N) is 1. The monoisotopic (exact) mass is 440 g/mol. The summed E-state index contributed by atoms with van der Waals surface area (Å²) in [5, 5.41) is 7.73. The molecule has 0 unspecified atom stereocenters. The summed E-state index contributed by atoms with van der Waals surface area (Å²) in [6, 6.07) is 16.9. The molecule has 4 rings (SSSR count). The highest BCUT2D eigenvalue weighted by atomic mass is 19.1. The van der Waals surface area contributed by atoms with Crippen molar-refractivity contribution >= 4 is 39.8 Å². The van der Waals surface area contributed by atoms with Crippen LogP contribution < -0.4 is 16.4 Å². The number of primary amides is 1. The van der Waals surface area contributed by atoms with Gasteiger partial charge in [0.25, 0.3) is 0 Å². The van der Waals surface area contributed by atoms with Gasteiger partial charge in [0.05, 0.1) is 11.4 Å². The number of rotatable bonds is 6. The smallest absolute Gasteiger partial charge is 0.248 e. The van der Waals surface area contributed by atoms with Gasteiger partial charge in [0.1, 0.15) is 11.6 Å². The Kier molecular flexibility index (Phi) is 5.87. The number of pyridine rings is 1. The summed E-state index contributed by atoms with van der Waals surface area (Å²) in [4.78, 5) is 27.7. The molecule has 0 aliphatic carbocycles. The molecule has 0 atom stereocenters. The average Bonchev–Trinajstić information content (AvgIpc) is 2.81. The van der Waals surface area contributed by atoms with Crippen LogP contribution in [0.5, 0.6) is 0 Å². The van der Waals surface area contributed by atoms with E-state index in [-0.39, 0.29) is 17.0 Å². The van der Waals surface area contributed by atoms with E-state index in [9.17, 15) is 14.0 Å². The van der Waals surface area contributed by atoms with E-state index in [4.69, 9.17) is 5.73 Å². The van der Waals surface area contributed by atoms with Gasteiger partial charge in [-0.2, -0.15) is 0 Å². The summed E-state index contributed by atoms with van der Waals surface area (Å²) in [6.45, 7) is 5.41. The fourth-order valence-corrected chi connectivity index (χ4v) is 3.53. The van der Waals surface area contributed by atoms with E-state index in [2.05, 4.69) is 22.2 Å². The van der Waals surface area contributed by atoms with Crippen LogP contribution in [-0.2, 0) is 4.79 Å². The molecule has 0 spiro atoms. The molecule has 1 heterocycles. The third kappa shape index (κ3) is 4.57. The molecule has 2 amide bonds. The number of para-hydroxylation sites is 1. The van der Waals surface area contributed by atoms with Crippen molar-refractivity contribution in [3.8, 4) is 11.1 Å². The summed E-state index contributed by atoms with van der Waals surface area (Å²) in [6.07, 6.45) is 2.89. The molecule has 0 aliphatic rings. The molecule has 0 saturated carbocycles. The minimum atomic E-state index is -0.616. The Bertz CT molecular complexity index is 1420. The molecule has 1 aromatic heterocycles. The Morgan fingerprint density at radius 3 is 2.64 bits per heavy atom. The average molecular weight is 440 g/mol. The van der Waals surface area contributed by atoms with Gasteiger partial charge in [-0.15, -0.1) is 0 Å². The van der Waals surface area contributed by atoms with Gasteiger partial charge in [-0.05, 0) is 65.9 Å². The van der Waals surface area contributed by atoms with E-state index in [1.807, 2.05) is 31.2 Å². The standard InChI is InChI=1S/C26H21FN4O2/c1-3-24(32)30-22-6-4-5-15(2)25(22)31-23-13-16-7-8-17(11-19(16)14-29-23)20-12-18(26(28)33)9-10-21(20)27/h3-14H,1H2,2H3,(H2,28,33)(H,29,31)(H,30,32). The molecule has 33 heavy (non-hydrogen) atoms. The molecule has 4 aromatic rings. The van der Waals surface area contributed by atoms with Crippen LogP contribution in [0.4, 0.5) is 21.6 Å². The SMILES string of the molecule is C=CC(=O)Nc1cccc(C)c1Nc1cc2ccc(-c3cc(C(N)=O)ccc3F)cc2cn1. The second-order valence-electron chi connectivity index (χ2n) is 7.51. The van der Waals surface area contributed by atoms with Crippen molar-refractivity contribution < 1.29 is 14.0 Å². The van der Waals surface area contributed by atoms with Gasteiger partial charge in [-0.1, -0.05) is 30.8 Å². The van der Waals surface area contributed by atoms with Gasteiger partial charge in [0.15, 0.2) is 0 Å². The number of fused-ring (bicyclic) bond motifs is 1. The van der Waals surface area contributed by atoms with Crippen LogP contribution in [0.25, 0.3) is 21.9 Å². The van der Waals surface area contributed by atoms with Crippen molar-refractivity contribution in [2.45, 2.75) is 6.92 Å². The van der Waals surface area contributed by atoms with Gasteiger partial charge in [0, 0.05) is 22.7 Å². The highest BCUT2D eigenvalue weighted by molar-refractivity contribution is 6.02. The van der Waals surface area contributed by atoms with Crippen LogP contribution in [0.15, 0.2) is 79.5 Å². The summed E-state index contributed by atoms with van der Waals surface area (Å²) in [5.41, 5.74) is 8.73. The topological polar surface area (TPSA) is 97.1 Å². The number of anilines is 3. The molecule has 0 aliphatic heterocycles. The molecule has 4 N–H and O–H groups in total. The zero-order valence-electron chi connectivity index (χ0n) is 17.9. The molecule has 3 aromatic carbocycles. The van der Waals surface area contributed by atoms with Gasteiger partial charge in [-0.25, -0.2) is 9.37 Å². The summed E-state index contributed by atoms with van der Waals surface area (Å²) >= 11 is 0. The number of halogens is 1. The van der Waals surface area contributed by atoms with E-state index in [1.54, 1.807) is 24.4 Å². The summed E-state index contributed by atoms with van der Waals surface area (Å²) < 4.78 is 14.4. The van der Waals surface area contributed by atoms with Crippen molar-refractivity contribution in [2.24, 2.45) is 5.73 Å². The lowest BCUT2D eigenvalue weighted by atomic mass is 9.99. The number of aromatic nitrogens is 1. The maximum Gasteiger partial charge on any atom is 0.248 e. The molecule has 0 radical (unpaired) electrons. The van der Waals surface area contributed by atoms with Crippen LogP contribution in [-0.4, -0.2) is 16.8 Å². The van der Waals surface area contributed by atoms with Crippen LogP contribution in [0, 0.1) is 12.7 Å². The molecular weight excluding hydrogens is 419 g/mol. The number of hydrogen-bond acceptors (Lipinski definition) is 4. The lowest BCUT2D eigenvalue weighted by Crippen LogP contribution is -2.11. The number of nitrogens with zero attached hydrogens (tertiary/aromatic N) is 1. The maximum atomic E-state index is 14.4. The Labute approximate surface area is 190 Å². The van der Waals surface area contributed by atoms with Gasteiger partial charge >= 0.3 is 0 Å². The van der Waals surface area contributed by atoms with Crippen molar-refractivity contribution in [1.29, 1.82) is 0 Å². The third-order valence-corrected chi connectivity index (χ3v) is 5.25. The number of carbonyl (C=O) groups excluding carboxylic acids is 2. The van der Waals surface area contributed by atoms with Crippen molar-refractivity contribution in [2.75, 3.05) is 10.6 Å². The van der Waals surface area contributed by atoms with Crippen LogP contribution in [0.2, 0.25) is 0 Å². The molecule has 0 bridgehead atoms. The largest absolute Gasteiger partial charge is 0.366 e. The first-order valence-corrected chi connectivity index (χ1v) is 10.2. The van der Waals surface area contributed by atoms with Crippen LogP contribution in [0.3, 0.4) is 0 Å². The van der Waals surface area contributed by atoms with Crippen LogP contribution in [0.1, 0.15) is 15.9 Å². The first kappa shape index (κ1) is 21.7. The Morgan fingerprint density at radius 2 is 1.88 bits per heavy atom. The van der Waals surface area contributed by atoms with E-state index in [1.165, 1.54) is 24.3 Å². The number of aryl methyl sites for hydroxylation is 1. The van der Waals surface area contributed by atoms with E-state index in [0.717, 1.165) is 22.0 Å². The zero-order valence-corrected chi connectivity index (χ0v) is 17.9. The highest BCUT2D eigenvalue weighted by Crippen LogP contribution is 2.31. The number of hydrogen-bond donors (Lipinski definition) is 3. The quantitative estimate of drug-likeness (QED) is 0.354. The number of amides is 2. The Morgan fingerprint density at radius 1 is 1.06 bits per heavy atom. The number of nitrogens with one attached hydrogen (secondary N) is 2. The van der Waals surface area contributed by atoms with Crippen molar-refractivity contribution in [3.05, 3.63) is 96.5 Å². The predicted molar refractivity (Wildman–Crippen MR) is 129 cm³/mol. The zero-order chi connectivity index (χ0) is 23.5. The van der Waals surface area contributed by atoms with E-state index >= 15 is 0 Å². The van der Waals surface area contributed by atoms with E-state index < -0.39 is 11.7 Å². The maximum absolute atomic E-state index is 14.4. The second kappa shape index (κ2) is 8.92. The highest BCUT2D eigenvalue weighted by Gasteiger charge is 2.12. The normalized spacial score (nSPS) is 10.6. The Balaban J connectivity index is 1.68. The summed E-state index contributed by atoms with van der Waals surface area (Å²) in [7, 11) is 0. The number of benzene rings is 3. The van der Waals surface area contributed by atoms with Gasteiger partial charge in [0.2, 0.25) is 11.8 Å². The first-order valence-electron chi connectivity index (χ1n) is 10.2. The molecule has 164 valence electrons. The lowest BCUT2D eigenvalue weighted by molar-refractivity contribution is -0.111. The minimum absolute atomic E-state index is 0.238. The summed E-state index contributed by atoms with van der Waals surface area (Å²) in [5.74, 6) is -0.788. The van der Waals surface area contributed by atoms with Gasteiger partial charge in [-0.3, -0.25) is 9.59 Å².